The molecule has 0 aliphatic carbocycles. The average molecular weight is 2050 g/mol. The summed E-state index contributed by atoms with van der Waals surface area (Å²) in [5.74, 6) is -23.4. The summed E-state index contributed by atoms with van der Waals surface area (Å²) in [7, 11) is 0. The fraction of sp³-hybridized carbons (Fsp3) is 0.654. The lowest BCUT2D eigenvalue weighted by molar-refractivity contribution is -0.142. The fourth-order valence-corrected chi connectivity index (χ4v) is 14.2. The van der Waals surface area contributed by atoms with Crippen molar-refractivity contribution in [1.29, 1.82) is 21.6 Å². The van der Waals surface area contributed by atoms with Crippen LogP contribution in [-0.2, 0) is 92.7 Å². The number of benzene rings is 1. The lowest BCUT2D eigenvalue weighted by Gasteiger charge is -2.30. The number of aliphatic carboxylic acids is 1. The van der Waals surface area contributed by atoms with Crippen LogP contribution >= 0.6 is 75.8 Å². The lowest BCUT2D eigenvalue weighted by atomic mass is 9.96. The maximum Gasteiger partial charge on any atom is 0.326 e. The van der Waals surface area contributed by atoms with Crippen molar-refractivity contribution in [2.45, 2.75) is 229 Å². The third-order valence-corrected chi connectivity index (χ3v) is 23.8. The molecule has 0 saturated heterocycles. The highest BCUT2D eigenvalue weighted by Crippen LogP contribution is 2.18. The Labute approximate surface area is 828 Å². The maximum absolute atomic E-state index is 14.9. The van der Waals surface area contributed by atoms with Crippen LogP contribution in [0, 0.1) is 45.3 Å². The van der Waals surface area contributed by atoms with Gasteiger partial charge in [0.1, 0.15) is 96.4 Å². The van der Waals surface area contributed by atoms with E-state index in [-0.39, 0.29) is 138 Å². The van der Waals surface area contributed by atoms with E-state index in [0.717, 1.165) is 0 Å². The Balaban J connectivity index is 3.61. The number of carbonyl (C=O) groups is 18. The molecule has 37 N–H and O–H groups in total. The molecule has 0 aliphatic rings. The first-order chi connectivity index (χ1) is 64.7. The monoisotopic (exact) mass is 2050 g/mol. The predicted octanol–water partition coefficient (Wildman–Crippen LogP) is -8.70. The highest BCUT2D eigenvalue weighted by Gasteiger charge is 2.40. The van der Waals surface area contributed by atoms with Gasteiger partial charge in [-0.1, -0.05) is 93.2 Å². The van der Waals surface area contributed by atoms with E-state index in [4.69, 9.17) is 50.3 Å². The first-order valence-corrected chi connectivity index (χ1v) is 48.2. The Morgan fingerprint density at radius 2 is 0.526 bits per heavy atom. The molecule has 0 aliphatic heterocycles. The Bertz CT molecular complexity index is 4220. The van der Waals surface area contributed by atoms with E-state index in [1.807, 2.05) is 0 Å². The van der Waals surface area contributed by atoms with Crippen LogP contribution in [0.4, 0.5) is 0 Å². The summed E-state index contributed by atoms with van der Waals surface area (Å²) in [4.78, 5) is 249. The van der Waals surface area contributed by atoms with Gasteiger partial charge in [0.2, 0.25) is 100 Å². The summed E-state index contributed by atoms with van der Waals surface area (Å²) >= 11 is 25.7. The number of carboxylic acids is 1. The summed E-state index contributed by atoms with van der Waals surface area (Å²) in [5, 5.41) is 103. The summed E-state index contributed by atoms with van der Waals surface area (Å²) in [6, 6.07) is -16.3. The van der Waals surface area contributed by atoms with E-state index in [1.54, 1.807) is 55.4 Å². The number of guanidine groups is 4. The second-order valence-corrected chi connectivity index (χ2v) is 34.4. The van der Waals surface area contributed by atoms with Gasteiger partial charge in [0, 0.05) is 67.1 Å². The Kier molecular flexibility index (Phi) is 60.4. The van der Waals surface area contributed by atoms with Crippen molar-refractivity contribution in [3.63, 3.8) is 0 Å². The molecule has 19 atom stereocenters. The zero-order chi connectivity index (χ0) is 104. The van der Waals surface area contributed by atoms with Crippen LogP contribution in [0.1, 0.15) is 138 Å². The number of phenols is 1. The molecule has 0 heterocycles. The van der Waals surface area contributed by atoms with Crippen LogP contribution in [0.3, 0.4) is 0 Å². The van der Waals surface area contributed by atoms with E-state index >= 15 is 0 Å². The maximum atomic E-state index is 14.9. The number of carbonyl (C=O) groups excluding carboxylic acids is 17. The first kappa shape index (κ1) is 124. The van der Waals surface area contributed by atoms with Crippen LogP contribution in [0.25, 0.3) is 0 Å². The van der Waals surface area contributed by atoms with Gasteiger partial charge in [-0.3, -0.25) is 103 Å². The molecule has 0 saturated carbocycles. The topological polar surface area (TPSA) is 826 Å². The summed E-state index contributed by atoms with van der Waals surface area (Å²) in [6.07, 6.45) is 0.630. The van der Waals surface area contributed by atoms with E-state index in [1.165, 1.54) is 24.3 Å². The van der Waals surface area contributed by atoms with E-state index in [2.05, 4.69) is 187 Å². The molecule has 0 unspecified atom stereocenters. The number of nitrogens with one attached hydrogen (secondary N) is 25. The number of nitrogens with two attached hydrogens (primary N) is 5. The Hall–Kier alpha value is -11.4. The zero-order valence-corrected chi connectivity index (χ0v) is 83.3. The van der Waals surface area contributed by atoms with Gasteiger partial charge < -0.3 is 151 Å². The number of aromatic hydroxyl groups is 1. The number of phenolic OH excluding ortho intramolecular Hbond substituents is 1. The van der Waals surface area contributed by atoms with Crippen molar-refractivity contribution < 1.29 is 96.5 Å². The highest BCUT2D eigenvalue weighted by atomic mass is 32.1. The molecule has 1 aromatic carbocycles. The number of thiol groups is 6. The number of rotatable bonds is 67. The van der Waals surface area contributed by atoms with Gasteiger partial charge >= 0.3 is 5.97 Å². The summed E-state index contributed by atoms with van der Waals surface area (Å²) in [6.45, 7) is 11.5. The van der Waals surface area contributed by atoms with Gasteiger partial charge in [-0.2, -0.15) is 75.8 Å². The van der Waals surface area contributed by atoms with Crippen LogP contribution in [-0.4, -0.2) is 311 Å². The number of carboxylic acid groups (broad SMARTS) is 1. The normalized spacial score (nSPS) is 15.1. The molecule has 17 amide bonds. The first-order valence-electron chi connectivity index (χ1n) is 44.4. The molecule has 1 aromatic rings. The molecule has 772 valence electrons. The van der Waals surface area contributed by atoms with Crippen molar-refractivity contribution in [2.75, 3.05) is 80.3 Å². The van der Waals surface area contributed by atoms with Crippen molar-refractivity contribution in [3.05, 3.63) is 29.8 Å². The Morgan fingerprint density at radius 1 is 0.299 bits per heavy atom. The number of amides is 17. The van der Waals surface area contributed by atoms with E-state index < -0.39 is 270 Å². The minimum absolute atomic E-state index is 0.00595. The average Bonchev–Trinajstić information content (AvgIpc) is 0.864. The standard InChI is InChI=1S/C81H142N30O20S6/c1-9-39(5)59(108-56(113)30-82)73(126)106-52(35-134)69(122)99-46(18-14-26-92-79(85)86)66(119)102-54(37-136)71(124)110-61(41(7)11-3)74(127)104-50(33-132)63(116)95-31-57(114)97-45(17-13-25-91-78(83)84)65(118)101-49(29-43-21-23-44(112)24-22-43)68(121)109-60(40(6)10-2)76(129)107-53(36-135)70(123)100-47(19-15-27-93-80(87)88)67(120)103-55(38-137)72(125)111-62(42(8)12-4)75(128)105-51(34-133)64(117)96-32-58(115)98-48(77(130)131)20-16-28-94-81(89)90/h21-24,39-42,45-55,59-62,112,132-137H,9-20,25-38,82H2,1-8H3,(H,95,116)(H,96,117)(H,97,114)(H,98,115)(H,99,122)(H,100,123)(H,101,118)(H,102,119)(H,103,120)(H,104,127)(H,105,128)(H,106,126)(H,107,129)(H,108,113)(H,109,121)(H,110,124)(H,111,125)(H,130,131)(H4,83,84,91)(H4,85,86,92)(H4,87,88,93)(H4,89,90,94)/t39-,40-,41-,42-,45-,46-,47-,48-,49-,50-,51-,52-,53-,54-,55-,59-,60-,61-,62-/m0/s1. The molecular weight excluding hydrogens is 1910 g/mol. The van der Waals surface area contributed by atoms with Crippen molar-refractivity contribution in [2.24, 2.45) is 52.3 Å². The highest BCUT2D eigenvalue weighted by molar-refractivity contribution is 7.81. The SMILES string of the molecule is CC[C@H](C)[C@H](NC(=O)CN)C(=O)N[C@@H](CS)C(=O)N[C@@H](CCCNC(=N)N)C(=O)N[C@@H](CS)C(=O)N[C@H](C(=O)N[C@@H](CS)C(=O)NCC(=O)N[C@@H](CCCNC(=N)N)C(=O)N[C@@H](Cc1ccc(O)cc1)C(=O)N[C@H](C(=O)N[C@@H](CS)C(=O)N[C@@H](CCCNC(=N)N)C(=O)N[C@@H](CS)C(=O)N[C@H](C(=O)N[C@@H](CS)C(=O)NCC(=O)N[C@@H](CCCNC(=N)N)C(=O)O)[C@@H](C)CC)[C@@H](C)CC)[C@@H](C)CC. The molecule has 1 rings (SSSR count). The number of hydrogen-bond acceptors (Lipinski definition) is 30. The van der Waals surface area contributed by atoms with Crippen molar-refractivity contribution in [3.8, 4) is 5.75 Å². The van der Waals surface area contributed by atoms with Crippen molar-refractivity contribution >= 4 is 206 Å². The second kappa shape index (κ2) is 67.0. The summed E-state index contributed by atoms with van der Waals surface area (Å²) in [5.41, 5.74) is 27.6. The largest absolute Gasteiger partial charge is 0.508 e. The minimum atomic E-state index is -1.62. The van der Waals surface area contributed by atoms with Crippen LogP contribution in [0.2, 0.25) is 0 Å². The van der Waals surface area contributed by atoms with E-state index in [9.17, 15) is 96.5 Å². The third-order valence-electron chi connectivity index (χ3n) is 21.6. The molecule has 56 heteroatoms. The molecule has 0 aromatic heterocycles. The second-order valence-electron chi connectivity index (χ2n) is 32.2. The fourth-order valence-electron chi connectivity index (χ4n) is 12.7. The van der Waals surface area contributed by atoms with Gasteiger partial charge in [-0.25, -0.2) is 4.79 Å². The van der Waals surface area contributed by atoms with Gasteiger partial charge in [0.25, 0.3) is 0 Å². The van der Waals surface area contributed by atoms with Crippen LogP contribution < -0.4 is 140 Å². The molecule has 0 radical (unpaired) electrons. The predicted molar refractivity (Wildman–Crippen MR) is 531 cm³/mol. The van der Waals surface area contributed by atoms with Gasteiger partial charge in [-0.15, -0.1) is 0 Å². The van der Waals surface area contributed by atoms with Gasteiger partial charge in [-0.05, 0) is 92.7 Å². The number of hydrogen-bond donors (Lipinski definition) is 38. The van der Waals surface area contributed by atoms with Crippen LogP contribution in [0.5, 0.6) is 5.75 Å². The lowest BCUT2D eigenvalue weighted by Crippen LogP contribution is -2.62. The molecular formula is C81H142N30O20S6. The smallest absolute Gasteiger partial charge is 0.326 e. The quantitative estimate of drug-likeness (QED) is 0.0125. The summed E-state index contributed by atoms with van der Waals surface area (Å²) < 4.78 is 0. The zero-order valence-electron chi connectivity index (χ0n) is 78.0. The van der Waals surface area contributed by atoms with Gasteiger partial charge in [0.15, 0.2) is 23.8 Å². The molecule has 0 bridgehead atoms. The third kappa shape index (κ3) is 47.5. The minimum Gasteiger partial charge on any atom is -0.508 e. The van der Waals surface area contributed by atoms with Crippen molar-refractivity contribution in [1.82, 2.24) is 112 Å². The van der Waals surface area contributed by atoms with Crippen LogP contribution in [0.15, 0.2) is 24.3 Å². The van der Waals surface area contributed by atoms with E-state index in [0.29, 0.717) is 12.0 Å². The molecule has 50 nitrogen and oxygen atoms in total. The van der Waals surface area contributed by atoms with Gasteiger partial charge in [0.05, 0.1) is 19.6 Å². The Morgan fingerprint density at radius 3 is 0.796 bits per heavy atom. The molecule has 137 heavy (non-hydrogen) atoms. The molecule has 0 spiro atoms. The molecule has 0 fully saturated rings.